The number of nitrogens with zero attached hydrogens (tertiary/aromatic N) is 1. The van der Waals surface area contributed by atoms with E-state index < -0.39 is 0 Å². The van der Waals surface area contributed by atoms with Gasteiger partial charge in [0.15, 0.2) is 5.78 Å². The maximum absolute atomic E-state index is 14.2. The Morgan fingerprint density at radius 1 is 1.00 bits per heavy atom. The molecule has 0 N–H and O–H groups in total. The molecule has 0 heterocycles. The van der Waals surface area contributed by atoms with Crippen LogP contribution < -0.4 is 4.74 Å². The van der Waals surface area contributed by atoms with E-state index in [1.54, 1.807) is 0 Å². The lowest BCUT2D eigenvalue weighted by molar-refractivity contribution is 0.101. The third-order valence-corrected chi connectivity index (χ3v) is 8.40. The SMILES string of the molecule is CCN(CC)CCOc1ccc2c(c1)C(C)(C)C1=C(C2=O)C(C)CCCCC/C=C/1Cc1ccccc1. The number of fused-ring (bicyclic) bond motifs is 1. The van der Waals surface area contributed by atoms with E-state index in [0.717, 1.165) is 61.3 Å². The van der Waals surface area contributed by atoms with Crippen molar-refractivity contribution >= 4 is 5.78 Å². The number of Topliss-reactive ketones (excluding diaryl/α,β-unsaturated/α-hetero) is 1. The van der Waals surface area contributed by atoms with Gasteiger partial charge in [-0.15, -0.1) is 0 Å². The zero-order valence-electron chi connectivity index (χ0n) is 23.6. The van der Waals surface area contributed by atoms with Gasteiger partial charge in [0.05, 0.1) is 0 Å². The molecule has 0 saturated heterocycles. The number of rotatable bonds is 8. The Kier molecular flexibility index (Phi) is 9.08. The summed E-state index contributed by atoms with van der Waals surface area (Å²) in [6, 6.07) is 16.9. The average Bonchev–Trinajstić information content (AvgIpc) is 2.90. The van der Waals surface area contributed by atoms with Gasteiger partial charge in [0, 0.05) is 23.1 Å². The second kappa shape index (κ2) is 12.3. The van der Waals surface area contributed by atoms with Crippen molar-refractivity contribution in [2.75, 3.05) is 26.2 Å². The Morgan fingerprint density at radius 2 is 1.76 bits per heavy atom. The smallest absolute Gasteiger partial charge is 0.189 e. The summed E-state index contributed by atoms with van der Waals surface area (Å²) in [6.07, 6.45) is 9.05. The third-order valence-electron chi connectivity index (χ3n) is 8.40. The number of carbonyl (C=O) groups excluding carboxylic acids is 1. The molecule has 4 rings (SSSR count). The van der Waals surface area contributed by atoms with E-state index >= 15 is 0 Å². The van der Waals surface area contributed by atoms with Gasteiger partial charge in [-0.1, -0.05) is 83.9 Å². The van der Waals surface area contributed by atoms with E-state index in [1.165, 1.54) is 36.0 Å². The zero-order valence-corrected chi connectivity index (χ0v) is 23.6. The van der Waals surface area contributed by atoms with Crippen LogP contribution in [0.4, 0.5) is 0 Å². The van der Waals surface area contributed by atoms with Crippen LogP contribution in [-0.2, 0) is 11.8 Å². The molecular formula is C34H45NO2. The molecule has 37 heavy (non-hydrogen) atoms. The highest BCUT2D eigenvalue weighted by Gasteiger charge is 2.41. The lowest BCUT2D eigenvalue weighted by Gasteiger charge is -2.40. The molecule has 2 aliphatic carbocycles. The minimum Gasteiger partial charge on any atom is -0.492 e. The summed E-state index contributed by atoms with van der Waals surface area (Å²) in [7, 11) is 0. The molecule has 1 atom stereocenters. The molecule has 2 aromatic carbocycles. The Labute approximate surface area is 224 Å². The summed E-state index contributed by atoms with van der Waals surface area (Å²) in [5, 5.41) is 0. The number of ketones is 1. The number of likely N-dealkylation sites (N-methyl/N-ethyl adjacent to an activating group) is 1. The van der Waals surface area contributed by atoms with Gasteiger partial charge < -0.3 is 9.64 Å². The normalized spacial score (nSPS) is 21.2. The van der Waals surface area contributed by atoms with Crippen molar-refractivity contribution in [3.8, 4) is 5.75 Å². The number of allylic oxidation sites excluding steroid dienone is 4. The summed E-state index contributed by atoms with van der Waals surface area (Å²) in [5.74, 6) is 1.32. The minimum atomic E-state index is -0.287. The lowest BCUT2D eigenvalue weighted by Crippen LogP contribution is -2.35. The molecule has 198 valence electrons. The van der Waals surface area contributed by atoms with Crippen molar-refractivity contribution in [3.63, 3.8) is 0 Å². The van der Waals surface area contributed by atoms with Gasteiger partial charge >= 0.3 is 0 Å². The molecule has 3 heteroatoms. The minimum absolute atomic E-state index is 0.214. The fourth-order valence-electron chi connectivity index (χ4n) is 6.21. The molecule has 2 aromatic rings. The summed E-state index contributed by atoms with van der Waals surface area (Å²) in [6.45, 7) is 14.9. The second-order valence-electron chi connectivity index (χ2n) is 11.3. The maximum Gasteiger partial charge on any atom is 0.189 e. The molecule has 0 aliphatic heterocycles. The highest BCUT2D eigenvalue weighted by molar-refractivity contribution is 6.13. The number of hydrogen-bond acceptors (Lipinski definition) is 3. The van der Waals surface area contributed by atoms with E-state index in [0.29, 0.717) is 6.61 Å². The highest BCUT2D eigenvalue weighted by Crippen LogP contribution is 2.48. The molecule has 0 radical (unpaired) electrons. The van der Waals surface area contributed by atoms with Crippen molar-refractivity contribution in [1.82, 2.24) is 4.90 Å². The van der Waals surface area contributed by atoms with Crippen molar-refractivity contribution in [2.24, 2.45) is 5.92 Å². The Bertz CT molecular complexity index is 1140. The first-order chi connectivity index (χ1) is 17.9. The average molecular weight is 500 g/mol. The van der Waals surface area contributed by atoms with Gasteiger partial charge in [-0.25, -0.2) is 0 Å². The third kappa shape index (κ3) is 6.09. The van der Waals surface area contributed by atoms with Crippen LogP contribution in [0.15, 0.2) is 71.3 Å². The maximum atomic E-state index is 14.2. The van der Waals surface area contributed by atoms with Crippen molar-refractivity contribution in [2.45, 2.75) is 78.6 Å². The van der Waals surface area contributed by atoms with Gasteiger partial charge in [-0.2, -0.15) is 0 Å². The molecule has 0 saturated carbocycles. The molecule has 2 aliphatic rings. The van der Waals surface area contributed by atoms with Crippen LogP contribution in [0, 0.1) is 5.92 Å². The van der Waals surface area contributed by atoms with E-state index in [-0.39, 0.29) is 17.1 Å². The Hall–Kier alpha value is -2.65. The van der Waals surface area contributed by atoms with Crippen LogP contribution >= 0.6 is 0 Å². The zero-order chi connectivity index (χ0) is 26.4. The summed E-state index contributed by atoms with van der Waals surface area (Å²) >= 11 is 0. The molecular weight excluding hydrogens is 454 g/mol. The number of carbonyl (C=O) groups is 1. The van der Waals surface area contributed by atoms with Gasteiger partial charge in [-0.3, -0.25) is 4.79 Å². The van der Waals surface area contributed by atoms with Crippen LogP contribution in [-0.4, -0.2) is 36.9 Å². The molecule has 0 amide bonds. The number of hydrogen-bond donors (Lipinski definition) is 0. The van der Waals surface area contributed by atoms with Gasteiger partial charge in [0.1, 0.15) is 12.4 Å². The fourth-order valence-corrected chi connectivity index (χ4v) is 6.21. The fraction of sp³-hybridized carbons (Fsp3) is 0.500. The van der Waals surface area contributed by atoms with Gasteiger partial charge in [0.2, 0.25) is 0 Å². The van der Waals surface area contributed by atoms with Crippen molar-refractivity contribution < 1.29 is 9.53 Å². The standard InChI is InChI=1S/C34H45NO2/c1-6-35(7-2)21-22-37-28-19-20-29-30(24-28)34(4,5)32-27(23-26-16-12-10-13-17-26)18-14-9-8-11-15-25(3)31(32)33(29)36/h10,12-13,16-20,24-25H,6-9,11,14-15,21-23H2,1-5H3/b27-18+. The van der Waals surface area contributed by atoms with Gasteiger partial charge in [-0.05, 0) is 85.2 Å². The Morgan fingerprint density at radius 3 is 2.49 bits per heavy atom. The molecule has 0 fully saturated rings. The predicted octanol–water partition coefficient (Wildman–Crippen LogP) is 7.95. The molecule has 0 bridgehead atoms. The first-order valence-corrected chi connectivity index (χ1v) is 14.4. The number of benzene rings is 2. The lowest BCUT2D eigenvalue weighted by atomic mass is 9.63. The van der Waals surface area contributed by atoms with E-state index in [1.807, 2.05) is 12.1 Å². The van der Waals surface area contributed by atoms with E-state index in [9.17, 15) is 4.79 Å². The predicted molar refractivity (Wildman–Crippen MR) is 155 cm³/mol. The molecule has 0 spiro atoms. The first-order valence-electron chi connectivity index (χ1n) is 14.4. The first kappa shape index (κ1) is 27.4. The van der Waals surface area contributed by atoms with Crippen LogP contribution in [0.2, 0.25) is 0 Å². The van der Waals surface area contributed by atoms with Crippen molar-refractivity contribution in [1.29, 1.82) is 0 Å². The monoisotopic (exact) mass is 499 g/mol. The highest BCUT2D eigenvalue weighted by atomic mass is 16.5. The van der Waals surface area contributed by atoms with Crippen LogP contribution in [0.3, 0.4) is 0 Å². The van der Waals surface area contributed by atoms with Crippen LogP contribution in [0.25, 0.3) is 0 Å². The molecule has 0 aromatic heterocycles. The van der Waals surface area contributed by atoms with E-state index in [2.05, 4.69) is 82.0 Å². The van der Waals surface area contributed by atoms with Gasteiger partial charge in [0.25, 0.3) is 0 Å². The summed E-state index contributed by atoms with van der Waals surface area (Å²) in [4.78, 5) is 16.5. The topological polar surface area (TPSA) is 29.5 Å². The second-order valence-corrected chi connectivity index (χ2v) is 11.3. The molecule has 3 nitrogen and oxygen atoms in total. The summed E-state index contributed by atoms with van der Waals surface area (Å²) < 4.78 is 6.21. The van der Waals surface area contributed by atoms with Crippen LogP contribution in [0.5, 0.6) is 5.75 Å². The van der Waals surface area contributed by atoms with Crippen molar-refractivity contribution in [3.05, 3.63) is 88.0 Å². The molecule has 1 unspecified atom stereocenters. The quantitative estimate of drug-likeness (QED) is 0.369. The summed E-state index contributed by atoms with van der Waals surface area (Å²) in [5.41, 5.74) is 6.58. The van der Waals surface area contributed by atoms with E-state index in [4.69, 9.17) is 4.74 Å². The Balaban J connectivity index is 1.76. The number of ether oxygens (including phenoxy) is 1. The largest absolute Gasteiger partial charge is 0.492 e. The van der Waals surface area contributed by atoms with Crippen LogP contribution in [0.1, 0.15) is 88.2 Å².